The molecule has 0 fully saturated rings. The second-order valence-electron chi connectivity index (χ2n) is 19.4. The Bertz CT molecular complexity index is 3510. The summed E-state index contributed by atoms with van der Waals surface area (Å²) in [5.74, 6) is 2.57. The monoisotopic (exact) mass is 721 g/mol. The first-order valence-electron chi connectivity index (χ1n) is 20.3. The molecule has 1 spiro atoms. The van der Waals surface area contributed by atoms with Gasteiger partial charge in [0.05, 0.1) is 22.3 Å². The van der Waals surface area contributed by atoms with Gasteiger partial charge in [0, 0.05) is 55.1 Å². The predicted octanol–water partition coefficient (Wildman–Crippen LogP) is 10.7. The number of para-hydroxylation sites is 3. The minimum atomic E-state index is -0.665. The number of nitrogens with zero attached hydrogens (tertiary/aromatic N) is 5. The van der Waals surface area contributed by atoms with Crippen LogP contribution in [0.25, 0.3) is 66.5 Å². The number of hydrogen-bond donors (Lipinski definition) is 0. The van der Waals surface area contributed by atoms with E-state index < -0.39 is 5.66 Å². The summed E-state index contributed by atoms with van der Waals surface area (Å²) in [6.45, 7) is 16.9. The molecule has 5 nitrogen and oxygen atoms in total. The van der Waals surface area contributed by atoms with Gasteiger partial charge in [0.1, 0.15) is 22.3 Å². The Labute approximate surface area is 324 Å². The van der Waals surface area contributed by atoms with Gasteiger partial charge in [-0.2, -0.15) is 18.6 Å². The van der Waals surface area contributed by atoms with Crippen LogP contribution in [0.5, 0.6) is 0 Å². The zero-order chi connectivity index (χ0) is 37.3. The van der Waals surface area contributed by atoms with Crippen molar-refractivity contribution >= 4 is 60.8 Å². The van der Waals surface area contributed by atoms with Gasteiger partial charge in [0.15, 0.2) is 22.6 Å². The molecule has 0 saturated heterocycles. The summed E-state index contributed by atoms with van der Waals surface area (Å²) >= 11 is 0. The highest BCUT2D eigenvalue weighted by Crippen LogP contribution is 2.67. The van der Waals surface area contributed by atoms with E-state index in [1.807, 2.05) is 0 Å². The molecule has 9 aromatic rings. The van der Waals surface area contributed by atoms with Crippen LogP contribution >= 0.6 is 0 Å². The fraction of sp³-hybridized carbons (Fsp3) is 0.216. The SMILES string of the molecule is CC(C)(C)c1cc2[n+]3c(c1)-n1c4ccccc4c4cc5c6ccccc6n6c5c(c41)C31c3c-6ccc4c3N3c5c(cccc5C(C)(C)c5ccc-2[n+]1c53)C4(C)C. The maximum Gasteiger partial charge on any atom is 0.319 e. The zero-order valence-corrected chi connectivity index (χ0v) is 32.6. The fourth-order valence-corrected chi connectivity index (χ4v) is 12.8. The summed E-state index contributed by atoms with van der Waals surface area (Å²) in [6, 6.07) is 42.9. The highest BCUT2D eigenvalue weighted by Gasteiger charge is 2.72. The minimum absolute atomic E-state index is 0.0581. The van der Waals surface area contributed by atoms with Gasteiger partial charge in [0.2, 0.25) is 0 Å². The van der Waals surface area contributed by atoms with Gasteiger partial charge in [-0.05, 0) is 59.5 Å². The van der Waals surface area contributed by atoms with Crippen LogP contribution in [0.4, 0.5) is 17.2 Å². The Hall–Kier alpha value is -6.20. The minimum Gasteiger partial charge on any atom is -0.308 e. The van der Waals surface area contributed by atoms with Gasteiger partial charge < -0.3 is 4.57 Å². The largest absolute Gasteiger partial charge is 0.319 e. The average molecular weight is 722 g/mol. The van der Waals surface area contributed by atoms with E-state index in [0.29, 0.717) is 0 Å². The Morgan fingerprint density at radius 3 is 1.86 bits per heavy atom. The van der Waals surface area contributed by atoms with Crippen molar-refractivity contribution in [3.63, 3.8) is 0 Å². The molecule has 0 aliphatic carbocycles. The van der Waals surface area contributed by atoms with E-state index in [1.165, 1.54) is 123 Å². The summed E-state index contributed by atoms with van der Waals surface area (Å²) in [4.78, 5) is 2.73. The standard InChI is InChI=1S/C51H39N5/c1-48(2,3)26-23-39-37-21-20-34-47-54-45-31(15-12-16-32(45)50(34,6)7)49(4,5)33-19-22-38-41(46(33)54)51(56(37)47)42-43-29(27-13-8-10-17-35(27)52(38)43)25-30-28-14-9-11-18-36(28)53(44(30)42)40(24-26)55(39)51/h8-25H,1-7H3/q+2. The first-order chi connectivity index (χ1) is 27.0. The topological polar surface area (TPSA) is 20.9 Å². The summed E-state index contributed by atoms with van der Waals surface area (Å²) in [5.41, 5.74) is 20.4. The van der Waals surface area contributed by atoms with Gasteiger partial charge in [0.25, 0.3) is 11.6 Å². The Morgan fingerprint density at radius 2 is 1.14 bits per heavy atom. The van der Waals surface area contributed by atoms with Gasteiger partial charge in [-0.3, -0.25) is 0 Å². The number of hydrogen-bond acceptors (Lipinski definition) is 1. The molecule has 4 aromatic heterocycles. The zero-order valence-electron chi connectivity index (χ0n) is 32.6. The van der Waals surface area contributed by atoms with E-state index in [4.69, 9.17) is 0 Å². The van der Waals surface area contributed by atoms with Crippen LogP contribution in [0.2, 0.25) is 0 Å². The number of fused-ring (bicyclic) bond motifs is 9. The predicted molar refractivity (Wildman–Crippen MR) is 224 cm³/mol. The third kappa shape index (κ3) is 2.57. The molecular weight excluding hydrogens is 683 g/mol. The van der Waals surface area contributed by atoms with E-state index in [9.17, 15) is 0 Å². The number of rotatable bonds is 0. The van der Waals surface area contributed by atoms with E-state index in [1.54, 1.807) is 0 Å². The molecule has 6 aliphatic rings. The normalized spacial score (nSPS) is 19.7. The maximum atomic E-state index is 2.83. The number of aromatic nitrogens is 4. The summed E-state index contributed by atoms with van der Waals surface area (Å²) in [7, 11) is 0. The molecule has 5 aromatic carbocycles. The van der Waals surface area contributed by atoms with Crippen molar-refractivity contribution in [1.29, 1.82) is 0 Å². The molecule has 266 valence electrons. The van der Waals surface area contributed by atoms with Crippen LogP contribution in [-0.2, 0) is 21.9 Å². The molecule has 10 heterocycles. The van der Waals surface area contributed by atoms with Crippen LogP contribution in [0.3, 0.4) is 0 Å². The van der Waals surface area contributed by atoms with Crippen molar-refractivity contribution in [3.8, 4) is 22.9 Å². The van der Waals surface area contributed by atoms with E-state index in [0.717, 1.165) is 0 Å². The van der Waals surface area contributed by atoms with E-state index >= 15 is 0 Å². The lowest BCUT2D eigenvalue weighted by Crippen LogP contribution is -2.77. The first kappa shape index (κ1) is 29.1. The van der Waals surface area contributed by atoms with Gasteiger partial charge in [-0.15, -0.1) is 0 Å². The van der Waals surface area contributed by atoms with Gasteiger partial charge >= 0.3 is 5.66 Å². The highest BCUT2D eigenvalue weighted by molar-refractivity contribution is 6.22. The maximum absolute atomic E-state index is 2.83. The van der Waals surface area contributed by atoms with Crippen molar-refractivity contribution in [1.82, 2.24) is 9.13 Å². The molecule has 0 radical (unpaired) electrons. The molecule has 15 rings (SSSR count). The van der Waals surface area contributed by atoms with Crippen LogP contribution in [-0.4, -0.2) is 9.13 Å². The lowest BCUT2D eigenvalue weighted by molar-refractivity contribution is -0.931. The fourth-order valence-electron chi connectivity index (χ4n) is 12.8. The van der Waals surface area contributed by atoms with Crippen molar-refractivity contribution < 1.29 is 9.13 Å². The number of anilines is 3. The van der Waals surface area contributed by atoms with Crippen molar-refractivity contribution in [2.24, 2.45) is 0 Å². The molecule has 5 heteroatoms. The molecule has 0 amide bonds. The summed E-state index contributed by atoms with van der Waals surface area (Å²) < 4.78 is 10.9. The second-order valence-corrected chi connectivity index (χ2v) is 19.4. The van der Waals surface area contributed by atoms with Crippen molar-refractivity contribution in [2.75, 3.05) is 4.90 Å². The Kier molecular flexibility index (Phi) is 4.25. The van der Waals surface area contributed by atoms with Crippen LogP contribution in [0, 0.1) is 0 Å². The summed E-state index contributed by atoms with van der Waals surface area (Å²) in [5, 5.41) is 5.28. The van der Waals surface area contributed by atoms with E-state index in [2.05, 4.69) is 181 Å². The lowest BCUT2D eigenvalue weighted by atomic mass is 9.64. The molecule has 56 heavy (non-hydrogen) atoms. The Balaban J connectivity index is 1.32. The van der Waals surface area contributed by atoms with Crippen LogP contribution in [0.1, 0.15) is 87.4 Å². The lowest BCUT2D eigenvalue weighted by Gasteiger charge is -2.50. The molecule has 1 atom stereocenters. The molecular formula is C51H39N5+2. The smallest absolute Gasteiger partial charge is 0.308 e. The molecule has 1 unspecified atom stereocenters. The first-order valence-corrected chi connectivity index (χ1v) is 20.3. The third-order valence-electron chi connectivity index (χ3n) is 15.2. The Morgan fingerprint density at radius 1 is 0.518 bits per heavy atom. The van der Waals surface area contributed by atoms with Crippen LogP contribution < -0.4 is 14.0 Å². The molecule has 0 bridgehead atoms. The van der Waals surface area contributed by atoms with Crippen LogP contribution in [0.15, 0.2) is 109 Å². The second kappa shape index (κ2) is 8.17. The molecule has 6 aliphatic heterocycles. The van der Waals surface area contributed by atoms with E-state index in [-0.39, 0.29) is 16.2 Å². The number of pyridine rings is 2. The highest BCUT2D eigenvalue weighted by atomic mass is 15.5. The quantitative estimate of drug-likeness (QED) is 0.143. The van der Waals surface area contributed by atoms with Crippen molar-refractivity contribution in [3.05, 3.63) is 148 Å². The summed E-state index contributed by atoms with van der Waals surface area (Å²) in [6.07, 6.45) is 0. The van der Waals surface area contributed by atoms with Gasteiger partial charge in [-0.25, -0.2) is 0 Å². The van der Waals surface area contributed by atoms with Crippen molar-refractivity contribution in [2.45, 2.75) is 70.4 Å². The molecule has 0 saturated carbocycles. The third-order valence-corrected chi connectivity index (χ3v) is 15.2. The molecule has 0 N–H and O–H groups in total. The van der Waals surface area contributed by atoms with Gasteiger partial charge in [-0.1, -0.05) is 103 Å². The average Bonchev–Trinajstić information content (AvgIpc) is 3.81. The number of benzene rings is 5.